The monoisotopic (exact) mass is 246 g/mol. The van der Waals surface area contributed by atoms with Crippen LogP contribution < -0.4 is 5.73 Å². The van der Waals surface area contributed by atoms with Gasteiger partial charge in [-0.05, 0) is 11.1 Å². The lowest BCUT2D eigenvalue weighted by atomic mass is 9.92. The molecule has 17 heavy (non-hydrogen) atoms. The smallest absolute Gasteiger partial charge is 0.0981 e. The van der Waals surface area contributed by atoms with E-state index in [-0.39, 0.29) is 6.04 Å². The molecule has 0 spiro atoms. The normalized spacial score (nSPS) is 27.1. The lowest BCUT2D eigenvalue weighted by Gasteiger charge is -2.22. The Bertz CT molecular complexity index is 526. The Morgan fingerprint density at radius 2 is 2.29 bits per heavy atom. The third kappa shape index (κ3) is 1.78. The minimum atomic E-state index is -0.853. The lowest BCUT2D eigenvalue weighted by Crippen LogP contribution is -2.26. The fourth-order valence-corrected chi connectivity index (χ4v) is 3.31. The SMILES string of the molecule is NC1CC(O)(Cc2nccs2)c2ccccc21. The van der Waals surface area contributed by atoms with Gasteiger partial charge in [-0.2, -0.15) is 0 Å². The van der Waals surface area contributed by atoms with Gasteiger partial charge in [0.2, 0.25) is 0 Å². The molecular formula is C13H14N2OS. The average molecular weight is 246 g/mol. The number of hydrogen-bond acceptors (Lipinski definition) is 4. The summed E-state index contributed by atoms with van der Waals surface area (Å²) in [6.45, 7) is 0. The zero-order valence-electron chi connectivity index (χ0n) is 9.34. The summed E-state index contributed by atoms with van der Waals surface area (Å²) in [6.07, 6.45) is 2.89. The molecule has 0 saturated carbocycles. The largest absolute Gasteiger partial charge is 0.385 e. The zero-order chi connectivity index (χ0) is 11.9. The highest BCUT2D eigenvalue weighted by Crippen LogP contribution is 2.43. The second-order valence-electron chi connectivity index (χ2n) is 4.53. The van der Waals surface area contributed by atoms with Crippen molar-refractivity contribution >= 4 is 11.3 Å². The molecule has 1 aliphatic carbocycles. The Morgan fingerprint density at radius 1 is 1.47 bits per heavy atom. The van der Waals surface area contributed by atoms with Gasteiger partial charge in [0.05, 0.1) is 10.6 Å². The van der Waals surface area contributed by atoms with E-state index in [2.05, 4.69) is 4.98 Å². The van der Waals surface area contributed by atoms with Crippen LogP contribution >= 0.6 is 11.3 Å². The fourth-order valence-electron chi connectivity index (χ4n) is 2.59. The van der Waals surface area contributed by atoms with Crippen LogP contribution in [0.25, 0.3) is 0 Å². The van der Waals surface area contributed by atoms with E-state index in [0.717, 1.165) is 16.1 Å². The molecule has 2 aromatic rings. The second kappa shape index (κ2) is 3.91. The van der Waals surface area contributed by atoms with E-state index in [0.29, 0.717) is 12.8 Å². The molecule has 0 saturated heterocycles. The molecule has 3 nitrogen and oxygen atoms in total. The summed E-state index contributed by atoms with van der Waals surface area (Å²) >= 11 is 1.57. The summed E-state index contributed by atoms with van der Waals surface area (Å²) in [4.78, 5) is 4.24. The van der Waals surface area contributed by atoms with Gasteiger partial charge in [0, 0.05) is 30.5 Å². The molecule has 3 rings (SSSR count). The van der Waals surface area contributed by atoms with E-state index in [1.165, 1.54) is 0 Å². The van der Waals surface area contributed by atoms with E-state index >= 15 is 0 Å². The number of hydrogen-bond donors (Lipinski definition) is 2. The van der Waals surface area contributed by atoms with Gasteiger partial charge >= 0.3 is 0 Å². The van der Waals surface area contributed by atoms with Crippen LogP contribution in [-0.4, -0.2) is 10.1 Å². The first-order chi connectivity index (χ1) is 8.19. The molecule has 2 unspecified atom stereocenters. The van der Waals surface area contributed by atoms with Crippen LogP contribution in [0.1, 0.15) is 28.6 Å². The van der Waals surface area contributed by atoms with Crippen molar-refractivity contribution in [3.63, 3.8) is 0 Å². The molecule has 0 radical (unpaired) electrons. The highest BCUT2D eigenvalue weighted by molar-refractivity contribution is 7.09. The van der Waals surface area contributed by atoms with E-state index in [9.17, 15) is 5.11 Å². The van der Waals surface area contributed by atoms with E-state index in [4.69, 9.17) is 5.73 Å². The van der Waals surface area contributed by atoms with Crippen molar-refractivity contribution in [2.75, 3.05) is 0 Å². The third-order valence-corrected chi connectivity index (χ3v) is 4.13. The molecule has 88 valence electrons. The van der Waals surface area contributed by atoms with Crippen LogP contribution in [0.5, 0.6) is 0 Å². The van der Waals surface area contributed by atoms with Crippen LogP contribution in [0.2, 0.25) is 0 Å². The molecule has 3 N–H and O–H groups in total. The number of aliphatic hydroxyl groups is 1. The Morgan fingerprint density at radius 3 is 3.06 bits per heavy atom. The highest BCUT2D eigenvalue weighted by atomic mass is 32.1. The summed E-state index contributed by atoms with van der Waals surface area (Å²) < 4.78 is 0. The number of nitrogens with zero attached hydrogens (tertiary/aromatic N) is 1. The maximum Gasteiger partial charge on any atom is 0.0981 e. The zero-order valence-corrected chi connectivity index (χ0v) is 10.2. The van der Waals surface area contributed by atoms with Gasteiger partial charge < -0.3 is 10.8 Å². The van der Waals surface area contributed by atoms with Gasteiger partial charge in [-0.1, -0.05) is 24.3 Å². The number of aromatic nitrogens is 1. The van der Waals surface area contributed by atoms with Crippen molar-refractivity contribution in [2.45, 2.75) is 24.5 Å². The van der Waals surface area contributed by atoms with Crippen molar-refractivity contribution < 1.29 is 5.11 Å². The average Bonchev–Trinajstić information content (AvgIpc) is 2.89. The third-order valence-electron chi connectivity index (χ3n) is 3.35. The quantitative estimate of drug-likeness (QED) is 0.851. The maximum absolute atomic E-state index is 10.8. The minimum absolute atomic E-state index is 0.0730. The van der Waals surface area contributed by atoms with Crippen LogP contribution in [0.4, 0.5) is 0 Å². The first-order valence-corrected chi connectivity index (χ1v) is 6.53. The molecule has 4 heteroatoms. The van der Waals surface area contributed by atoms with Crippen LogP contribution in [-0.2, 0) is 12.0 Å². The molecule has 1 aromatic heterocycles. The molecule has 2 atom stereocenters. The first-order valence-electron chi connectivity index (χ1n) is 5.65. The minimum Gasteiger partial charge on any atom is -0.385 e. The summed E-state index contributed by atoms with van der Waals surface area (Å²) in [7, 11) is 0. The molecule has 0 aliphatic heterocycles. The Kier molecular flexibility index (Phi) is 2.50. The summed E-state index contributed by atoms with van der Waals surface area (Å²) in [5.41, 5.74) is 7.24. The van der Waals surface area contributed by atoms with Gasteiger partial charge in [0.15, 0.2) is 0 Å². The molecule has 0 amide bonds. The second-order valence-corrected chi connectivity index (χ2v) is 5.51. The molecule has 0 bridgehead atoms. The number of thiazole rings is 1. The van der Waals surface area contributed by atoms with Crippen LogP contribution in [0.15, 0.2) is 35.8 Å². The van der Waals surface area contributed by atoms with Crippen molar-refractivity contribution in [1.29, 1.82) is 0 Å². The van der Waals surface area contributed by atoms with Gasteiger partial charge in [0.1, 0.15) is 0 Å². The van der Waals surface area contributed by atoms with E-state index in [1.807, 2.05) is 29.6 Å². The van der Waals surface area contributed by atoms with Gasteiger partial charge in [-0.25, -0.2) is 4.98 Å². The fraction of sp³-hybridized carbons (Fsp3) is 0.308. The number of fused-ring (bicyclic) bond motifs is 1. The van der Waals surface area contributed by atoms with E-state index < -0.39 is 5.60 Å². The predicted molar refractivity (Wildman–Crippen MR) is 67.7 cm³/mol. The summed E-state index contributed by atoms with van der Waals surface area (Å²) in [6, 6.07) is 7.81. The molecular weight excluding hydrogens is 232 g/mol. The molecule has 1 aromatic carbocycles. The molecule has 1 aliphatic rings. The first kappa shape index (κ1) is 10.9. The van der Waals surface area contributed by atoms with Crippen molar-refractivity contribution in [3.05, 3.63) is 52.0 Å². The molecule has 0 fully saturated rings. The Balaban J connectivity index is 1.99. The van der Waals surface area contributed by atoms with Crippen molar-refractivity contribution in [2.24, 2.45) is 5.73 Å². The van der Waals surface area contributed by atoms with Crippen molar-refractivity contribution in [3.8, 4) is 0 Å². The number of rotatable bonds is 2. The highest BCUT2D eigenvalue weighted by Gasteiger charge is 2.41. The summed E-state index contributed by atoms with van der Waals surface area (Å²) in [5.74, 6) is 0. The Labute approximate surface area is 104 Å². The van der Waals surface area contributed by atoms with E-state index in [1.54, 1.807) is 17.5 Å². The molecule has 1 heterocycles. The van der Waals surface area contributed by atoms with Gasteiger partial charge in [-0.15, -0.1) is 11.3 Å². The Hall–Kier alpha value is -1.23. The maximum atomic E-state index is 10.8. The number of nitrogens with two attached hydrogens (primary N) is 1. The van der Waals surface area contributed by atoms with Crippen molar-refractivity contribution in [1.82, 2.24) is 4.98 Å². The number of benzene rings is 1. The van der Waals surface area contributed by atoms with Crippen LogP contribution in [0, 0.1) is 0 Å². The van der Waals surface area contributed by atoms with Crippen LogP contribution in [0.3, 0.4) is 0 Å². The van der Waals surface area contributed by atoms with Gasteiger partial charge in [-0.3, -0.25) is 0 Å². The predicted octanol–water partition coefficient (Wildman–Crippen LogP) is 1.98. The standard InChI is InChI=1S/C13H14N2OS/c14-11-7-13(16,8-12-15-5-6-17-12)10-4-2-1-3-9(10)11/h1-6,11,16H,7-8,14H2. The topological polar surface area (TPSA) is 59.1 Å². The lowest BCUT2D eigenvalue weighted by molar-refractivity contribution is 0.0341. The van der Waals surface area contributed by atoms with Gasteiger partial charge in [0.25, 0.3) is 0 Å². The summed E-state index contributed by atoms with van der Waals surface area (Å²) in [5, 5.41) is 13.7.